The molecule has 3 aromatic rings. The minimum Gasteiger partial charge on any atom is -0.497 e. The van der Waals surface area contributed by atoms with Crippen LogP contribution >= 0.6 is 15.9 Å². The summed E-state index contributed by atoms with van der Waals surface area (Å²) in [6.45, 7) is 0.214. The van der Waals surface area contributed by atoms with Crippen molar-refractivity contribution in [1.29, 1.82) is 0 Å². The van der Waals surface area contributed by atoms with E-state index in [4.69, 9.17) is 9.88 Å². The predicted molar refractivity (Wildman–Crippen MR) is 120 cm³/mol. The Balaban J connectivity index is 1.81. The van der Waals surface area contributed by atoms with Crippen molar-refractivity contribution >= 4 is 31.6 Å². The molecule has 0 aliphatic heterocycles. The van der Waals surface area contributed by atoms with Gasteiger partial charge in [-0.1, -0.05) is 40.2 Å². The standard InChI is InChI=1S/C22H20BrF3N2O3S/c1-31-19-9-5-15(20(23)12-19)10-16-4-8-18(11-21(16)32(27,29)30)28-13-14-2-6-17(7-3-14)22(24,25)26/h2-9,11-12,28H,10,13H2,1H3,(H2,27,29,30). The molecule has 0 aromatic heterocycles. The van der Waals surface area contributed by atoms with Crippen LogP contribution in [0.5, 0.6) is 5.75 Å². The van der Waals surface area contributed by atoms with Gasteiger partial charge < -0.3 is 10.1 Å². The minimum atomic E-state index is -4.40. The highest BCUT2D eigenvalue weighted by Crippen LogP contribution is 2.30. The van der Waals surface area contributed by atoms with E-state index in [-0.39, 0.29) is 11.4 Å². The molecule has 0 amide bonds. The quantitative estimate of drug-likeness (QED) is 0.434. The SMILES string of the molecule is COc1ccc(Cc2ccc(NCc3ccc(C(F)(F)F)cc3)cc2S(N)(=O)=O)c(Br)c1. The Morgan fingerprint density at radius 1 is 1.00 bits per heavy atom. The van der Waals surface area contributed by atoms with E-state index in [2.05, 4.69) is 21.2 Å². The summed E-state index contributed by atoms with van der Waals surface area (Å²) >= 11 is 3.46. The summed E-state index contributed by atoms with van der Waals surface area (Å²) < 4.78 is 68.4. The molecule has 5 nitrogen and oxygen atoms in total. The van der Waals surface area contributed by atoms with E-state index in [1.165, 1.54) is 18.2 Å². The molecule has 0 atom stereocenters. The summed E-state index contributed by atoms with van der Waals surface area (Å²) in [6, 6.07) is 14.9. The maximum Gasteiger partial charge on any atom is 0.416 e. The van der Waals surface area contributed by atoms with Gasteiger partial charge in [-0.05, 0) is 59.5 Å². The van der Waals surface area contributed by atoms with Gasteiger partial charge in [0, 0.05) is 16.7 Å². The van der Waals surface area contributed by atoms with Crippen molar-refractivity contribution in [3.8, 4) is 5.75 Å². The van der Waals surface area contributed by atoms with E-state index in [0.717, 1.165) is 22.2 Å². The maximum absolute atomic E-state index is 12.7. The summed E-state index contributed by atoms with van der Waals surface area (Å²) in [6.07, 6.45) is -4.08. The molecule has 0 aliphatic carbocycles. The van der Waals surface area contributed by atoms with Crippen molar-refractivity contribution in [2.75, 3.05) is 12.4 Å². The number of benzene rings is 3. The molecule has 0 bridgehead atoms. The van der Waals surface area contributed by atoms with Crippen molar-refractivity contribution in [3.63, 3.8) is 0 Å². The molecular weight excluding hydrogens is 509 g/mol. The first-order chi connectivity index (χ1) is 15.0. The summed E-state index contributed by atoms with van der Waals surface area (Å²) in [7, 11) is -2.46. The summed E-state index contributed by atoms with van der Waals surface area (Å²) in [5.74, 6) is 0.662. The topological polar surface area (TPSA) is 81.4 Å². The Morgan fingerprint density at radius 2 is 1.66 bits per heavy atom. The molecule has 3 rings (SSSR count). The predicted octanol–water partition coefficient (Wildman–Crippen LogP) is 5.33. The van der Waals surface area contributed by atoms with Crippen LogP contribution in [-0.4, -0.2) is 15.5 Å². The van der Waals surface area contributed by atoms with Crippen molar-refractivity contribution in [3.05, 3.63) is 87.4 Å². The molecule has 0 aliphatic rings. The number of primary sulfonamides is 1. The number of ether oxygens (including phenoxy) is 1. The number of anilines is 1. The summed E-state index contributed by atoms with van der Waals surface area (Å²) in [5, 5.41) is 8.46. The van der Waals surface area contributed by atoms with Gasteiger partial charge >= 0.3 is 6.18 Å². The average molecular weight is 529 g/mol. The van der Waals surface area contributed by atoms with Crippen molar-refractivity contribution in [2.45, 2.75) is 24.0 Å². The Labute approximate surface area is 192 Å². The molecule has 0 radical (unpaired) electrons. The molecule has 32 heavy (non-hydrogen) atoms. The van der Waals surface area contributed by atoms with Crippen LogP contribution in [0.15, 0.2) is 70.0 Å². The average Bonchev–Trinajstić information content (AvgIpc) is 2.73. The molecule has 0 heterocycles. The number of sulfonamides is 1. The number of hydrogen-bond acceptors (Lipinski definition) is 4. The van der Waals surface area contributed by atoms with Gasteiger partial charge in [-0.3, -0.25) is 0 Å². The van der Waals surface area contributed by atoms with Crippen LogP contribution in [0, 0.1) is 0 Å². The molecule has 3 aromatic carbocycles. The van der Waals surface area contributed by atoms with Crippen LogP contribution < -0.4 is 15.2 Å². The van der Waals surface area contributed by atoms with Crippen LogP contribution in [-0.2, 0) is 29.2 Å². The van der Waals surface area contributed by atoms with Gasteiger partial charge in [0.15, 0.2) is 0 Å². The highest BCUT2D eigenvalue weighted by Gasteiger charge is 2.29. The minimum absolute atomic E-state index is 0.0300. The second kappa shape index (κ2) is 9.51. The first-order valence-electron chi connectivity index (χ1n) is 9.35. The highest BCUT2D eigenvalue weighted by atomic mass is 79.9. The number of nitrogens with two attached hydrogens (primary N) is 1. The van der Waals surface area contributed by atoms with E-state index in [1.54, 1.807) is 31.4 Å². The Morgan fingerprint density at radius 3 is 2.22 bits per heavy atom. The van der Waals surface area contributed by atoms with E-state index in [1.807, 2.05) is 6.07 Å². The molecule has 0 unspecified atom stereocenters. The lowest BCUT2D eigenvalue weighted by molar-refractivity contribution is -0.137. The third kappa shape index (κ3) is 6.02. The van der Waals surface area contributed by atoms with Crippen molar-refractivity contribution in [1.82, 2.24) is 0 Å². The summed E-state index contributed by atoms with van der Waals surface area (Å²) in [4.78, 5) is -0.0300. The van der Waals surface area contributed by atoms with Gasteiger partial charge in [0.05, 0.1) is 17.6 Å². The number of hydrogen-bond donors (Lipinski definition) is 2. The fourth-order valence-corrected chi connectivity index (χ4v) is 4.39. The van der Waals surface area contributed by atoms with Crippen molar-refractivity contribution < 1.29 is 26.3 Å². The van der Waals surface area contributed by atoms with Crippen LogP contribution in [0.4, 0.5) is 18.9 Å². The number of alkyl halides is 3. The molecule has 0 saturated heterocycles. The third-order valence-electron chi connectivity index (χ3n) is 4.79. The van der Waals surface area contributed by atoms with E-state index >= 15 is 0 Å². The summed E-state index contributed by atoms with van der Waals surface area (Å²) in [5.41, 5.74) is 1.72. The molecule has 3 N–H and O–H groups in total. The van der Waals surface area contributed by atoms with Gasteiger partial charge in [-0.15, -0.1) is 0 Å². The van der Waals surface area contributed by atoms with Gasteiger partial charge in [-0.25, -0.2) is 13.6 Å². The van der Waals surface area contributed by atoms with Gasteiger partial charge in [0.25, 0.3) is 0 Å². The fraction of sp³-hybridized carbons (Fsp3) is 0.182. The van der Waals surface area contributed by atoms with E-state index in [9.17, 15) is 21.6 Å². The lowest BCUT2D eigenvalue weighted by Crippen LogP contribution is -2.15. The zero-order valence-corrected chi connectivity index (χ0v) is 19.3. The Hall–Kier alpha value is -2.56. The Bertz CT molecular complexity index is 1210. The van der Waals surface area contributed by atoms with Crippen LogP contribution in [0.25, 0.3) is 0 Å². The number of halogens is 4. The Kier molecular flexibility index (Phi) is 7.16. The van der Waals surface area contributed by atoms with Crippen molar-refractivity contribution in [2.24, 2.45) is 5.14 Å². The monoisotopic (exact) mass is 528 g/mol. The first kappa shape index (κ1) is 24.1. The fourth-order valence-electron chi connectivity index (χ4n) is 3.09. The molecule has 0 saturated carbocycles. The molecule has 0 spiro atoms. The van der Waals surface area contributed by atoms with Gasteiger partial charge in [0.1, 0.15) is 5.75 Å². The van der Waals surface area contributed by atoms with Crippen LogP contribution in [0.1, 0.15) is 22.3 Å². The molecule has 10 heteroatoms. The number of rotatable bonds is 7. The number of methoxy groups -OCH3 is 1. The van der Waals surface area contributed by atoms with Crippen LogP contribution in [0.3, 0.4) is 0 Å². The second-order valence-corrected chi connectivity index (χ2v) is 9.43. The highest BCUT2D eigenvalue weighted by molar-refractivity contribution is 9.10. The second-order valence-electron chi connectivity index (χ2n) is 7.05. The van der Waals surface area contributed by atoms with Crippen LogP contribution in [0.2, 0.25) is 0 Å². The molecular formula is C22H20BrF3N2O3S. The lowest BCUT2D eigenvalue weighted by atomic mass is 10.0. The maximum atomic E-state index is 12.7. The normalized spacial score (nSPS) is 11.9. The largest absolute Gasteiger partial charge is 0.497 e. The van der Waals surface area contributed by atoms with E-state index in [0.29, 0.717) is 29.0 Å². The first-order valence-corrected chi connectivity index (χ1v) is 11.7. The lowest BCUT2D eigenvalue weighted by Gasteiger charge is -2.14. The zero-order chi connectivity index (χ0) is 23.5. The zero-order valence-electron chi connectivity index (χ0n) is 16.9. The smallest absolute Gasteiger partial charge is 0.416 e. The number of nitrogens with one attached hydrogen (secondary N) is 1. The molecule has 0 fully saturated rings. The third-order valence-corrected chi connectivity index (χ3v) is 6.52. The molecule has 170 valence electrons. The van der Waals surface area contributed by atoms with Gasteiger partial charge in [0.2, 0.25) is 10.0 Å². The van der Waals surface area contributed by atoms with Gasteiger partial charge in [-0.2, -0.15) is 13.2 Å². The van der Waals surface area contributed by atoms with E-state index < -0.39 is 21.8 Å².